The molecule has 5 rings (SSSR count). The fraction of sp³-hybridized carbons (Fsp3) is 0.353. The molecule has 0 radical (unpaired) electrons. The SMILES string of the molecule is c1ccc2c(c1)CN(c1nc(C3CC3)ns1)CC2n1cccn1. The first-order chi connectivity index (χ1) is 11.4. The highest BCUT2D eigenvalue weighted by Crippen LogP contribution is 2.40. The number of hydrogen-bond donors (Lipinski definition) is 0. The number of fused-ring (bicyclic) bond motifs is 1. The van der Waals surface area contributed by atoms with Gasteiger partial charge in [0.15, 0.2) is 0 Å². The molecule has 1 fully saturated rings. The van der Waals surface area contributed by atoms with Gasteiger partial charge >= 0.3 is 0 Å². The maximum Gasteiger partial charge on any atom is 0.205 e. The van der Waals surface area contributed by atoms with Crippen LogP contribution in [0.15, 0.2) is 42.7 Å². The Labute approximate surface area is 138 Å². The van der Waals surface area contributed by atoms with Crippen LogP contribution in [0.2, 0.25) is 0 Å². The molecule has 0 saturated heterocycles. The molecule has 2 aromatic heterocycles. The summed E-state index contributed by atoms with van der Waals surface area (Å²) in [4.78, 5) is 7.13. The molecule has 1 aliphatic heterocycles. The van der Waals surface area contributed by atoms with Crippen LogP contribution >= 0.6 is 11.5 Å². The molecule has 0 amide bonds. The molecule has 2 aliphatic rings. The first-order valence-electron chi connectivity index (χ1n) is 8.04. The average molecular weight is 323 g/mol. The highest BCUT2D eigenvalue weighted by atomic mass is 32.1. The molecule has 116 valence electrons. The molecule has 1 atom stereocenters. The van der Waals surface area contributed by atoms with Crippen LogP contribution in [0.4, 0.5) is 5.13 Å². The minimum atomic E-state index is 0.225. The molecule has 5 nitrogen and oxygen atoms in total. The van der Waals surface area contributed by atoms with Crippen molar-refractivity contribution >= 4 is 16.7 Å². The average Bonchev–Trinajstić information content (AvgIpc) is 3.11. The summed E-state index contributed by atoms with van der Waals surface area (Å²) in [5.74, 6) is 1.65. The Morgan fingerprint density at radius 3 is 2.87 bits per heavy atom. The van der Waals surface area contributed by atoms with E-state index in [1.165, 1.54) is 35.5 Å². The van der Waals surface area contributed by atoms with Gasteiger partial charge in [0.1, 0.15) is 5.82 Å². The summed E-state index contributed by atoms with van der Waals surface area (Å²) in [7, 11) is 0. The van der Waals surface area contributed by atoms with Crippen molar-refractivity contribution in [3.05, 3.63) is 59.7 Å². The lowest BCUT2D eigenvalue weighted by Crippen LogP contribution is -2.36. The maximum atomic E-state index is 4.79. The predicted octanol–water partition coefficient (Wildman–Crippen LogP) is 3.22. The largest absolute Gasteiger partial charge is 0.340 e. The zero-order valence-corrected chi connectivity index (χ0v) is 13.5. The third-order valence-electron chi connectivity index (χ3n) is 4.66. The van der Waals surface area contributed by atoms with Gasteiger partial charge in [0, 0.05) is 42.9 Å². The monoisotopic (exact) mass is 323 g/mol. The summed E-state index contributed by atoms with van der Waals surface area (Å²) in [6.45, 7) is 1.78. The minimum Gasteiger partial charge on any atom is -0.340 e. The van der Waals surface area contributed by atoms with Gasteiger partial charge in [-0.25, -0.2) is 4.98 Å². The maximum absolute atomic E-state index is 4.79. The van der Waals surface area contributed by atoms with E-state index in [1.807, 2.05) is 23.1 Å². The number of aromatic nitrogens is 4. The predicted molar refractivity (Wildman–Crippen MR) is 89.7 cm³/mol. The summed E-state index contributed by atoms with van der Waals surface area (Å²) in [6.07, 6.45) is 6.38. The minimum absolute atomic E-state index is 0.225. The fourth-order valence-electron chi connectivity index (χ4n) is 3.28. The van der Waals surface area contributed by atoms with Gasteiger partial charge in [-0.2, -0.15) is 9.47 Å². The summed E-state index contributed by atoms with van der Waals surface area (Å²) in [5.41, 5.74) is 2.71. The van der Waals surface area contributed by atoms with Gasteiger partial charge in [0.05, 0.1) is 6.04 Å². The summed E-state index contributed by atoms with van der Waals surface area (Å²) >= 11 is 1.53. The van der Waals surface area contributed by atoms with Gasteiger partial charge in [0.25, 0.3) is 0 Å². The highest BCUT2D eigenvalue weighted by molar-refractivity contribution is 7.09. The molecule has 6 heteroatoms. The Kier molecular flexibility index (Phi) is 2.97. The van der Waals surface area contributed by atoms with Crippen molar-refractivity contribution < 1.29 is 0 Å². The molecule has 0 N–H and O–H groups in total. The van der Waals surface area contributed by atoms with Gasteiger partial charge in [-0.15, -0.1) is 0 Å². The number of benzene rings is 1. The molecular weight excluding hydrogens is 306 g/mol. The number of anilines is 1. The van der Waals surface area contributed by atoms with Crippen molar-refractivity contribution in [2.45, 2.75) is 31.3 Å². The topological polar surface area (TPSA) is 46.8 Å². The van der Waals surface area contributed by atoms with Crippen LogP contribution in [0.3, 0.4) is 0 Å². The third kappa shape index (κ3) is 2.34. The lowest BCUT2D eigenvalue weighted by atomic mass is 9.96. The second kappa shape index (κ2) is 5.16. The van der Waals surface area contributed by atoms with Crippen LogP contribution in [0, 0.1) is 0 Å². The molecule has 1 unspecified atom stereocenters. The van der Waals surface area contributed by atoms with Gasteiger partial charge in [-0.3, -0.25) is 4.68 Å². The summed E-state index contributed by atoms with van der Waals surface area (Å²) in [5, 5.41) is 5.51. The first-order valence-corrected chi connectivity index (χ1v) is 8.81. The van der Waals surface area contributed by atoms with E-state index in [4.69, 9.17) is 4.98 Å². The van der Waals surface area contributed by atoms with E-state index in [0.29, 0.717) is 5.92 Å². The molecule has 0 spiro atoms. The van der Waals surface area contributed by atoms with Crippen LogP contribution in [0.25, 0.3) is 0 Å². The van der Waals surface area contributed by atoms with Crippen LogP contribution in [0.5, 0.6) is 0 Å². The van der Waals surface area contributed by atoms with Gasteiger partial charge < -0.3 is 4.90 Å². The molecule has 1 aliphatic carbocycles. The normalized spacial score (nSPS) is 20.5. The zero-order valence-electron chi connectivity index (χ0n) is 12.7. The van der Waals surface area contributed by atoms with E-state index in [1.54, 1.807) is 0 Å². The second-order valence-electron chi connectivity index (χ2n) is 6.29. The van der Waals surface area contributed by atoms with Crippen molar-refractivity contribution in [3.8, 4) is 0 Å². The lowest BCUT2D eigenvalue weighted by molar-refractivity contribution is 0.486. The van der Waals surface area contributed by atoms with Gasteiger partial charge in [-0.1, -0.05) is 24.3 Å². The fourth-order valence-corrected chi connectivity index (χ4v) is 4.03. The Hall–Kier alpha value is -2.21. The second-order valence-corrected chi connectivity index (χ2v) is 7.02. The van der Waals surface area contributed by atoms with E-state index in [0.717, 1.165) is 24.0 Å². The molecule has 3 heterocycles. The molecular formula is C17H17N5S. The molecule has 0 bridgehead atoms. The van der Waals surface area contributed by atoms with Crippen molar-refractivity contribution in [1.82, 2.24) is 19.1 Å². The van der Waals surface area contributed by atoms with Gasteiger partial charge in [-0.05, 0) is 30.0 Å². The summed E-state index contributed by atoms with van der Waals surface area (Å²) < 4.78 is 6.61. The Morgan fingerprint density at radius 2 is 2.04 bits per heavy atom. The standard InChI is InChI=1S/C17H17N5S/c1-2-5-14-13(4-1)10-21(11-15(14)22-9-3-8-18-22)17-19-16(20-23-17)12-6-7-12/h1-5,8-9,12,15H,6-7,10-11H2. The van der Waals surface area contributed by atoms with Gasteiger partial charge in [0.2, 0.25) is 5.13 Å². The molecule has 1 aromatic carbocycles. The van der Waals surface area contributed by atoms with E-state index in [-0.39, 0.29) is 6.04 Å². The van der Waals surface area contributed by atoms with Crippen molar-refractivity contribution in [3.63, 3.8) is 0 Å². The smallest absolute Gasteiger partial charge is 0.205 e. The number of nitrogens with zero attached hydrogens (tertiary/aromatic N) is 5. The number of hydrogen-bond acceptors (Lipinski definition) is 5. The molecule has 23 heavy (non-hydrogen) atoms. The molecule has 1 saturated carbocycles. The van der Waals surface area contributed by atoms with E-state index >= 15 is 0 Å². The van der Waals surface area contributed by atoms with E-state index in [9.17, 15) is 0 Å². The Morgan fingerprint density at radius 1 is 1.13 bits per heavy atom. The highest BCUT2D eigenvalue weighted by Gasteiger charge is 2.31. The van der Waals surface area contributed by atoms with E-state index in [2.05, 4.69) is 38.6 Å². The van der Waals surface area contributed by atoms with Crippen LogP contribution in [-0.2, 0) is 6.54 Å². The quantitative estimate of drug-likeness (QED) is 0.742. The third-order valence-corrected chi connectivity index (χ3v) is 5.45. The van der Waals surface area contributed by atoms with Crippen molar-refractivity contribution in [2.75, 3.05) is 11.4 Å². The Balaban J connectivity index is 1.52. The Bertz CT molecular complexity index is 821. The number of rotatable bonds is 3. The van der Waals surface area contributed by atoms with Crippen molar-refractivity contribution in [2.24, 2.45) is 0 Å². The summed E-state index contributed by atoms with van der Waals surface area (Å²) in [6, 6.07) is 10.9. The van der Waals surface area contributed by atoms with Crippen molar-refractivity contribution in [1.29, 1.82) is 0 Å². The zero-order chi connectivity index (χ0) is 15.2. The molecule has 3 aromatic rings. The van der Waals surface area contributed by atoms with Crippen LogP contribution in [-0.4, -0.2) is 25.7 Å². The van der Waals surface area contributed by atoms with E-state index < -0.39 is 0 Å². The van der Waals surface area contributed by atoms with Crippen LogP contribution in [0.1, 0.15) is 41.8 Å². The van der Waals surface area contributed by atoms with Crippen LogP contribution < -0.4 is 4.90 Å². The lowest BCUT2D eigenvalue weighted by Gasteiger charge is -2.34. The first kappa shape index (κ1) is 13.2.